The number of halogens is 1. The van der Waals surface area contributed by atoms with Crippen LogP contribution in [0, 0.1) is 0 Å². The van der Waals surface area contributed by atoms with Crippen LogP contribution >= 0.6 is 11.6 Å². The lowest BCUT2D eigenvalue weighted by Gasteiger charge is -2.33. The number of rotatable bonds is 4. The molecule has 1 amide bonds. The number of aromatic amines is 1. The van der Waals surface area contributed by atoms with Crippen LogP contribution in [0.4, 0.5) is 0 Å². The van der Waals surface area contributed by atoms with Crippen LogP contribution in [0.15, 0.2) is 39.9 Å². The highest BCUT2D eigenvalue weighted by Crippen LogP contribution is 2.26. The molecule has 0 bridgehead atoms. The molecule has 9 heteroatoms. The van der Waals surface area contributed by atoms with E-state index < -0.39 is 11.2 Å². The maximum absolute atomic E-state index is 13.6. The van der Waals surface area contributed by atoms with Crippen LogP contribution in [0.25, 0.3) is 11.0 Å². The van der Waals surface area contributed by atoms with E-state index in [-0.39, 0.29) is 34.5 Å². The SMILES string of the molecule is CCn1c(=O)[nH]c(=O)c2c(C(=O)N3CCOC(c4ccc(Cl)cc4)C3)cc(C(C)C)nc21. The molecule has 0 spiro atoms. The molecule has 32 heavy (non-hydrogen) atoms. The van der Waals surface area contributed by atoms with Crippen LogP contribution in [0.3, 0.4) is 0 Å². The molecule has 1 aliphatic heterocycles. The van der Waals surface area contributed by atoms with E-state index >= 15 is 0 Å². The van der Waals surface area contributed by atoms with E-state index in [2.05, 4.69) is 9.97 Å². The fourth-order valence-electron chi connectivity index (χ4n) is 3.93. The number of carbonyl (C=O) groups excluding carboxylic acids is 1. The molecular weight excluding hydrogens is 432 g/mol. The Kier molecular flexibility index (Phi) is 6.17. The number of hydrogen-bond acceptors (Lipinski definition) is 5. The predicted octanol–water partition coefficient (Wildman–Crippen LogP) is 3.10. The number of fused-ring (bicyclic) bond motifs is 1. The summed E-state index contributed by atoms with van der Waals surface area (Å²) in [5, 5.41) is 0.763. The lowest BCUT2D eigenvalue weighted by atomic mass is 10.0. The topological polar surface area (TPSA) is 97.3 Å². The molecule has 1 fully saturated rings. The number of ether oxygens (including phenoxy) is 1. The first-order chi connectivity index (χ1) is 15.3. The van der Waals surface area contributed by atoms with Gasteiger partial charge in [-0.3, -0.25) is 19.1 Å². The van der Waals surface area contributed by atoms with Gasteiger partial charge in [-0.05, 0) is 36.6 Å². The van der Waals surface area contributed by atoms with Crippen molar-refractivity contribution < 1.29 is 9.53 Å². The first kappa shape index (κ1) is 22.2. The molecule has 4 rings (SSSR count). The maximum Gasteiger partial charge on any atom is 0.329 e. The van der Waals surface area contributed by atoms with E-state index in [1.165, 1.54) is 4.57 Å². The number of nitrogens with zero attached hydrogens (tertiary/aromatic N) is 3. The van der Waals surface area contributed by atoms with E-state index in [9.17, 15) is 14.4 Å². The maximum atomic E-state index is 13.6. The molecule has 168 valence electrons. The number of amides is 1. The summed E-state index contributed by atoms with van der Waals surface area (Å²) in [5.74, 6) is -0.273. The molecule has 1 aliphatic rings. The predicted molar refractivity (Wildman–Crippen MR) is 122 cm³/mol. The number of pyridine rings is 1. The van der Waals surface area contributed by atoms with Gasteiger partial charge < -0.3 is 9.64 Å². The Morgan fingerprint density at radius 3 is 2.66 bits per heavy atom. The van der Waals surface area contributed by atoms with Crippen LogP contribution in [-0.4, -0.2) is 45.0 Å². The van der Waals surface area contributed by atoms with Crippen LogP contribution in [-0.2, 0) is 11.3 Å². The quantitative estimate of drug-likeness (QED) is 0.650. The molecule has 1 N–H and O–H groups in total. The van der Waals surface area contributed by atoms with E-state index in [0.29, 0.717) is 37.0 Å². The average molecular weight is 457 g/mol. The van der Waals surface area contributed by atoms with Crippen molar-refractivity contribution in [3.8, 4) is 0 Å². The Morgan fingerprint density at radius 2 is 2.00 bits per heavy atom. The molecule has 0 radical (unpaired) electrons. The number of aryl methyl sites for hydroxylation is 1. The van der Waals surface area contributed by atoms with E-state index in [4.69, 9.17) is 16.3 Å². The second-order valence-corrected chi connectivity index (χ2v) is 8.55. The third-order valence-corrected chi connectivity index (χ3v) is 5.95. The van der Waals surface area contributed by atoms with Gasteiger partial charge in [-0.2, -0.15) is 0 Å². The highest BCUT2D eigenvalue weighted by molar-refractivity contribution is 6.30. The second kappa shape index (κ2) is 8.88. The molecule has 1 unspecified atom stereocenters. The van der Waals surface area contributed by atoms with Crippen molar-refractivity contribution in [2.24, 2.45) is 0 Å². The highest BCUT2D eigenvalue weighted by atomic mass is 35.5. The lowest BCUT2D eigenvalue weighted by Crippen LogP contribution is -2.43. The smallest absolute Gasteiger partial charge is 0.329 e. The van der Waals surface area contributed by atoms with E-state index in [1.54, 1.807) is 30.0 Å². The van der Waals surface area contributed by atoms with Crippen molar-refractivity contribution in [3.05, 3.63) is 73.0 Å². The molecule has 8 nitrogen and oxygen atoms in total. The van der Waals surface area contributed by atoms with Crippen molar-refractivity contribution in [1.82, 2.24) is 19.4 Å². The molecule has 1 aromatic carbocycles. The number of hydrogen-bond donors (Lipinski definition) is 1. The normalized spacial score (nSPS) is 16.7. The van der Waals surface area contributed by atoms with Crippen molar-refractivity contribution in [1.29, 1.82) is 0 Å². The van der Waals surface area contributed by atoms with Crippen molar-refractivity contribution in [2.75, 3.05) is 19.7 Å². The number of aromatic nitrogens is 3. The summed E-state index contributed by atoms with van der Waals surface area (Å²) in [7, 11) is 0. The van der Waals surface area contributed by atoms with Crippen LogP contribution in [0.1, 0.15) is 54.4 Å². The lowest BCUT2D eigenvalue weighted by molar-refractivity contribution is -0.0227. The van der Waals surface area contributed by atoms with Crippen LogP contribution < -0.4 is 11.2 Å². The standard InChI is InChI=1S/C23H25ClN4O4/c1-4-28-20-19(21(29)26-23(28)31)16(11-17(25-20)13(2)3)22(30)27-9-10-32-18(12-27)14-5-7-15(24)8-6-14/h5-8,11,13,18H,4,9-10,12H2,1-3H3,(H,26,29,31). The molecule has 1 atom stereocenters. The number of benzene rings is 1. The minimum absolute atomic E-state index is 0.0113. The zero-order chi connectivity index (χ0) is 23.0. The highest BCUT2D eigenvalue weighted by Gasteiger charge is 2.29. The summed E-state index contributed by atoms with van der Waals surface area (Å²) in [6.45, 7) is 7.13. The van der Waals surface area contributed by atoms with Crippen LogP contribution in [0.2, 0.25) is 5.02 Å². The fourth-order valence-corrected chi connectivity index (χ4v) is 4.06. The summed E-state index contributed by atoms with van der Waals surface area (Å²) in [6, 6.07) is 9.00. The Hall–Kier alpha value is -2.97. The van der Waals surface area contributed by atoms with Gasteiger partial charge in [0.25, 0.3) is 11.5 Å². The molecule has 0 saturated carbocycles. The summed E-state index contributed by atoms with van der Waals surface area (Å²) < 4.78 is 7.27. The third-order valence-electron chi connectivity index (χ3n) is 5.70. The van der Waals surface area contributed by atoms with Crippen molar-refractivity contribution >= 4 is 28.5 Å². The number of H-pyrrole nitrogens is 1. The van der Waals surface area contributed by atoms with Gasteiger partial charge in [0, 0.05) is 23.8 Å². The monoisotopic (exact) mass is 456 g/mol. The van der Waals surface area contributed by atoms with E-state index in [0.717, 1.165) is 5.56 Å². The van der Waals surface area contributed by atoms with Gasteiger partial charge in [0.1, 0.15) is 6.10 Å². The molecule has 0 aliphatic carbocycles. The largest absolute Gasteiger partial charge is 0.370 e. The Balaban J connectivity index is 1.79. The minimum atomic E-state index is -0.608. The second-order valence-electron chi connectivity index (χ2n) is 8.11. The first-order valence-corrected chi connectivity index (χ1v) is 11.0. The van der Waals surface area contributed by atoms with Gasteiger partial charge in [0.2, 0.25) is 0 Å². The summed E-state index contributed by atoms with van der Waals surface area (Å²) >= 11 is 5.99. The number of morpholine rings is 1. The van der Waals surface area contributed by atoms with Gasteiger partial charge in [0.15, 0.2) is 5.65 Å². The number of nitrogens with one attached hydrogen (secondary N) is 1. The van der Waals surface area contributed by atoms with Crippen molar-refractivity contribution in [2.45, 2.75) is 39.3 Å². The molecule has 3 aromatic rings. The fraction of sp³-hybridized carbons (Fsp3) is 0.391. The van der Waals surface area contributed by atoms with Gasteiger partial charge >= 0.3 is 5.69 Å². The Labute approximate surface area is 189 Å². The van der Waals surface area contributed by atoms with E-state index in [1.807, 2.05) is 26.0 Å². The minimum Gasteiger partial charge on any atom is -0.370 e. The average Bonchev–Trinajstić information content (AvgIpc) is 2.78. The van der Waals surface area contributed by atoms with Gasteiger partial charge in [-0.15, -0.1) is 0 Å². The Morgan fingerprint density at radius 1 is 1.28 bits per heavy atom. The van der Waals surface area contributed by atoms with Gasteiger partial charge in [0.05, 0.1) is 24.1 Å². The molecule has 3 heterocycles. The summed E-state index contributed by atoms with van der Waals surface area (Å²) in [6.07, 6.45) is -0.297. The molecule has 2 aromatic heterocycles. The first-order valence-electron chi connectivity index (χ1n) is 10.6. The third kappa shape index (κ3) is 4.08. The Bertz CT molecular complexity index is 1280. The zero-order valence-electron chi connectivity index (χ0n) is 18.2. The van der Waals surface area contributed by atoms with Gasteiger partial charge in [-0.1, -0.05) is 37.6 Å². The molecule has 1 saturated heterocycles. The van der Waals surface area contributed by atoms with Crippen molar-refractivity contribution in [3.63, 3.8) is 0 Å². The summed E-state index contributed by atoms with van der Waals surface area (Å²) in [4.78, 5) is 47.3. The molecular formula is C23H25ClN4O4. The zero-order valence-corrected chi connectivity index (χ0v) is 19.0. The van der Waals surface area contributed by atoms with Gasteiger partial charge in [-0.25, -0.2) is 9.78 Å². The summed E-state index contributed by atoms with van der Waals surface area (Å²) in [5.41, 5.74) is 0.911. The number of carbonyl (C=O) groups is 1. The van der Waals surface area contributed by atoms with Crippen LogP contribution in [0.5, 0.6) is 0 Å².